The van der Waals surface area contributed by atoms with Crippen LogP contribution in [-0.2, 0) is 14.6 Å². The van der Waals surface area contributed by atoms with E-state index < -0.39 is 9.84 Å². The van der Waals surface area contributed by atoms with E-state index in [4.69, 9.17) is 0 Å². The number of hydrogen-bond acceptors (Lipinski definition) is 4. The second-order valence-corrected chi connectivity index (χ2v) is 9.29. The largest absolute Gasteiger partial charge is 0.369 e. The summed E-state index contributed by atoms with van der Waals surface area (Å²) in [6, 6.07) is 7.09. The van der Waals surface area contributed by atoms with Crippen LogP contribution >= 0.6 is 0 Å². The van der Waals surface area contributed by atoms with Crippen LogP contribution in [0.15, 0.2) is 29.2 Å². The van der Waals surface area contributed by atoms with Crippen LogP contribution in [0.2, 0.25) is 0 Å². The van der Waals surface area contributed by atoms with Crippen molar-refractivity contribution in [1.29, 1.82) is 0 Å². The fourth-order valence-corrected chi connectivity index (χ4v) is 3.27. The van der Waals surface area contributed by atoms with Gasteiger partial charge >= 0.3 is 0 Å². The minimum Gasteiger partial charge on any atom is -0.369 e. The molecule has 23 heavy (non-hydrogen) atoms. The van der Waals surface area contributed by atoms with Crippen molar-refractivity contribution in [2.24, 2.45) is 5.41 Å². The zero-order chi connectivity index (χ0) is 17.3. The average Bonchev–Trinajstić information content (AvgIpc) is 2.46. The maximum absolute atomic E-state index is 12.1. The first-order valence-electron chi connectivity index (χ1n) is 7.93. The number of nitrogens with zero attached hydrogens (tertiary/aromatic N) is 1. The molecule has 0 aromatic heterocycles. The lowest BCUT2D eigenvalue weighted by molar-refractivity contribution is -0.129. The van der Waals surface area contributed by atoms with E-state index in [1.807, 2.05) is 32.9 Å². The Balaban J connectivity index is 2.05. The number of anilines is 1. The molecule has 1 aromatic carbocycles. The molecule has 5 nitrogen and oxygen atoms in total. The molecule has 1 saturated heterocycles. The van der Waals surface area contributed by atoms with E-state index in [9.17, 15) is 13.2 Å². The highest BCUT2D eigenvalue weighted by molar-refractivity contribution is 7.90. The zero-order valence-electron chi connectivity index (χ0n) is 14.3. The highest BCUT2D eigenvalue weighted by Gasteiger charge is 2.27. The van der Waals surface area contributed by atoms with Crippen molar-refractivity contribution in [2.45, 2.75) is 44.6 Å². The molecule has 1 atom stereocenters. The molecule has 1 unspecified atom stereocenters. The topological polar surface area (TPSA) is 66.5 Å². The van der Waals surface area contributed by atoms with E-state index >= 15 is 0 Å². The summed E-state index contributed by atoms with van der Waals surface area (Å²) in [5.41, 5.74) is 0.603. The molecule has 1 aliphatic rings. The van der Waals surface area contributed by atoms with Crippen molar-refractivity contribution in [3.05, 3.63) is 24.3 Å². The number of carbonyl (C=O) groups excluding carboxylic acids is 1. The second-order valence-electron chi connectivity index (χ2n) is 7.27. The lowest BCUT2D eigenvalue weighted by Crippen LogP contribution is -2.50. The number of rotatable bonds is 3. The van der Waals surface area contributed by atoms with Crippen LogP contribution in [-0.4, -0.2) is 39.7 Å². The zero-order valence-corrected chi connectivity index (χ0v) is 15.1. The number of nitrogens with one attached hydrogen (secondary N) is 1. The summed E-state index contributed by atoms with van der Waals surface area (Å²) >= 11 is 0. The molecule has 0 bridgehead atoms. The third-order valence-corrected chi connectivity index (χ3v) is 5.20. The first-order valence-corrected chi connectivity index (χ1v) is 9.82. The minimum atomic E-state index is -3.17. The van der Waals surface area contributed by atoms with Gasteiger partial charge < -0.3 is 10.2 Å². The minimum absolute atomic E-state index is 0.0665. The van der Waals surface area contributed by atoms with E-state index in [-0.39, 0.29) is 17.4 Å². The molecule has 0 radical (unpaired) electrons. The van der Waals surface area contributed by atoms with Crippen molar-refractivity contribution in [3.63, 3.8) is 0 Å². The Morgan fingerprint density at radius 1 is 1.22 bits per heavy atom. The van der Waals surface area contributed by atoms with Gasteiger partial charge in [0.15, 0.2) is 9.84 Å². The highest BCUT2D eigenvalue weighted by Crippen LogP contribution is 2.23. The average molecular weight is 338 g/mol. The van der Waals surface area contributed by atoms with Crippen molar-refractivity contribution in [1.82, 2.24) is 5.32 Å². The number of piperidine rings is 1. The molecule has 1 fully saturated rings. The normalized spacial score (nSPS) is 19.5. The smallest absolute Gasteiger partial charge is 0.225 e. The van der Waals surface area contributed by atoms with Crippen LogP contribution in [0.1, 0.15) is 33.6 Å². The SMILES string of the molecule is CC(C)(C)C(=O)NC1CCCN(c2ccc(S(C)(=O)=O)cc2)C1. The number of carbonyl (C=O) groups is 1. The first kappa shape index (κ1) is 17.8. The van der Waals surface area contributed by atoms with Gasteiger partial charge in [-0.25, -0.2) is 8.42 Å². The maximum atomic E-state index is 12.1. The molecule has 0 aliphatic carbocycles. The summed E-state index contributed by atoms with van der Waals surface area (Å²) in [6.45, 7) is 7.40. The molecule has 1 aromatic rings. The number of sulfone groups is 1. The standard InChI is InChI=1S/C17H26N2O3S/c1-17(2,3)16(20)18-13-6-5-11-19(12-13)14-7-9-15(10-8-14)23(4,21)22/h7-10,13H,5-6,11-12H2,1-4H3,(H,18,20). The molecule has 1 aliphatic heterocycles. The summed E-state index contributed by atoms with van der Waals surface area (Å²) in [6.07, 6.45) is 3.18. The van der Waals surface area contributed by atoms with Crippen LogP contribution in [0.3, 0.4) is 0 Å². The van der Waals surface area contributed by atoms with E-state index in [0.29, 0.717) is 4.90 Å². The molecule has 128 valence electrons. The van der Waals surface area contributed by atoms with Gasteiger partial charge in [0.25, 0.3) is 0 Å². The van der Waals surface area contributed by atoms with E-state index in [1.165, 1.54) is 6.26 Å². The van der Waals surface area contributed by atoms with Gasteiger partial charge in [0.1, 0.15) is 0 Å². The van der Waals surface area contributed by atoms with Gasteiger partial charge in [-0.15, -0.1) is 0 Å². The summed E-state index contributed by atoms with van der Waals surface area (Å²) in [4.78, 5) is 14.7. The predicted molar refractivity (Wildman–Crippen MR) is 92.4 cm³/mol. The van der Waals surface area contributed by atoms with E-state index in [1.54, 1.807) is 12.1 Å². The van der Waals surface area contributed by atoms with Crippen LogP contribution < -0.4 is 10.2 Å². The lowest BCUT2D eigenvalue weighted by Gasteiger charge is -2.36. The Kier molecular flexibility index (Phi) is 5.04. The van der Waals surface area contributed by atoms with Crippen LogP contribution in [0, 0.1) is 5.41 Å². The molecule has 1 N–H and O–H groups in total. The van der Waals surface area contributed by atoms with E-state index in [2.05, 4.69) is 10.2 Å². The van der Waals surface area contributed by atoms with Gasteiger partial charge in [0.05, 0.1) is 4.90 Å². The van der Waals surface area contributed by atoms with Gasteiger partial charge in [-0.05, 0) is 37.1 Å². The van der Waals surface area contributed by atoms with Gasteiger partial charge in [-0.3, -0.25) is 4.79 Å². The van der Waals surface area contributed by atoms with E-state index in [0.717, 1.165) is 31.6 Å². The highest BCUT2D eigenvalue weighted by atomic mass is 32.2. The summed E-state index contributed by atoms with van der Waals surface area (Å²) in [5, 5.41) is 3.12. The Hall–Kier alpha value is -1.56. The second kappa shape index (κ2) is 6.51. The Bertz CT molecular complexity index is 660. The Labute approximate surface area is 139 Å². The number of hydrogen-bond donors (Lipinski definition) is 1. The van der Waals surface area contributed by atoms with Gasteiger partial charge in [-0.2, -0.15) is 0 Å². The van der Waals surface area contributed by atoms with Crippen molar-refractivity contribution in [2.75, 3.05) is 24.2 Å². The molecule has 1 heterocycles. The maximum Gasteiger partial charge on any atom is 0.225 e. The third kappa shape index (κ3) is 4.70. The Morgan fingerprint density at radius 3 is 2.35 bits per heavy atom. The quantitative estimate of drug-likeness (QED) is 0.918. The first-order chi connectivity index (χ1) is 10.6. The van der Waals surface area contributed by atoms with Crippen molar-refractivity contribution < 1.29 is 13.2 Å². The van der Waals surface area contributed by atoms with Crippen LogP contribution in [0.5, 0.6) is 0 Å². The molecule has 2 rings (SSSR count). The molecular weight excluding hydrogens is 312 g/mol. The number of amides is 1. The van der Waals surface area contributed by atoms with Crippen molar-refractivity contribution in [3.8, 4) is 0 Å². The fraction of sp³-hybridized carbons (Fsp3) is 0.588. The third-order valence-electron chi connectivity index (χ3n) is 4.07. The van der Waals surface area contributed by atoms with Crippen molar-refractivity contribution >= 4 is 21.4 Å². The molecule has 1 amide bonds. The molecule has 0 spiro atoms. The monoisotopic (exact) mass is 338 g/mol. The van der Waals surface area contributed by atoms with Gasteiger partial charge in [0, 0.05) is 36.5 Å². The van der Waals surface area contributed by atoms with Crippen LogP contribution in [0.4, 0.5) is 5.69 Å². The van der Waals surface area contributed by atoms with Gasteiger partial charge in [-0.1, -0.05) is 20.8 Å². The summed E-state index contributed by atoms with van der Waals surface area (Å²) in [7, 11) is -3.17. The summed E-state index contributed by atoms with van der Waals surface area (Å²) in [5.74, 6) is 0.0665. The molecular formula is C17H26N2O3S. The predicted octanol–water partition coefficient (Wildman–Crippen LogP) is 2.22. The molecule has 0 saturated carbocycles. The van der Waals surface area contributed by atoms with Crippen LogP contribution in [0.25, 0.3) is 0 Å². The molecule has 6 heteroatoms. The van der Waals surface area contributed by atoms with Gasteiger partial charge in [0.2, 0.25) is 5.91 Å². The number of benzene rings is 1. The lowest BCUT2D eigenvalue weighted by atomic mass is 9.94. The Morgan fingerprint density at radius 2 is 1.83 bits per heavy atom. The summed E-state index contributed by atoms with van der Waals surface area (Å²) < 4.78 is 23.1. The fourth-order valence-electron chi connectivity index (χ4n) is 2.64.